The van der Waals surface area contributed by atoms with Gasteiger partial charge in [-0.15, -0.1) is 24.0 Å². The van der Waals surface area contributed by atoms with Gasteiger partial charge in [-0.25, -0.2) is 0 Å². The smallest absolute Gasteiger partial charge is 0.193 e. The fourth-order valence-corrected chi connectivity index (χ4v) is 4.08. The summed E-state index contributed by atoms with van der Waals surface area (Å²) < 4.78 is 11.1. The van der Waals surface area contributed by atoms with Gasteiger partial charge in [0.2, 0.25) is 0 Å². The summed E-state index contributed by atoms with van der Waals surface area (Å²) in [6.45, 7) is 13.7. The number of hydrogen-bond acceptors (Lipinski definition) is 4. The molecule has 0 aliphatic carbocycles. The Bertz CT molecular complexity index is 417. The minimum Gasteiger partial charge on any atom is -0.385 e. The molecule has 1 unspecified atom stereocenters. The summed E-state index contributed by atoms with van der Waals surface area (Å²) in [4.78, 5) is 9.92. The molecule has 7 heteroatoms. The first-order chi connectivity index (χ1) is 13.2. The summed E-state index contributed by atoms with van der Waals surface area (Å²) >= 11 is 0. The van der Waals surface area contributed by atoms with Crippen LogP contribution in [0.25, 0.3) is 0 Å². The quantitative estimate of drug-likeness (QED) is 0.212. The van der Waals surface area contributed by atoms with Gasteiger partial charge in [0.05, 0.1) is 6.10 Å². The third kappa shape index (κ3) is 10.1. The van der Waals surface area contributed by atoms with Crippen molar-refractivity contribution in [2.75, 3.05) is 66.1 Å². The Hall–Kier alpha value is -0.120. The molecule has 6 nitrogen and oxygen atoms in total. The second-order valence-corrected chi connectivity index (χ2v) is 8.04. The normalized spacial score (nSPS) is 22.2. The van der Waals surface area contributed by atoms with Crippen LogP contribution in [-0.4, -0.2) is 88.0 Å². The lowest BCUT2D eigenvalue weighted by molar-refractivity contribution is 0.00990. The standard InChI is InChI=1S/C21H42N4O2.HI/c1-4-22-21(23-11-6-13-24-12-5-8-19(2)18-24)25-14-9-20(10-15-25)27-17-7-16-26-3;/h19-20H,4-18H2,1-3H3,(H,22,23);1H. The van der Waals surface area contributed by atoms with Crippen LogP contribution in [0.5, 0.6) is 0 Å². The maximum Gasteiger partial charge on any atom is 0.193 e. The first-order valence-electron chi connectivity index (χ1n) is 11.1. The summed E-state index contributed by atoms with van der Waals surface area (Å²) in [7, 11) is 1.74. The monoisotopic (exact) mass is 510 g/mol. The van der Waals surface area contributed by atoms with Crippen molar-refractivity contribution in [2.45, 2.75) is 58.5 Å². The fraction of sp³-hybridized carbons (Fsp3) is 0.952. The van der Waals surface area contributed by atoms with Gasteiger partial charge in [0, 0.05) is 53.0 Å². The van der Waals surface area contributed by atoms with Crippen LogP contribution in [0.2, 0.25) is 0 Å². The van der Waals surface area contributed by atoms with Crippen LogP contribution >= 0.6 is 24.0 Å². The van der Waals surface area contributed by atoms with Gasteiger partial charge in [0.25, 0.3) is 0 Å². The molecule has 0 aromatic carbocycles. The highest BCUT2D eigenvalue weighted by Crippen LogP contribution is 2.16. The first kappa shape index (κ1) is 25.9. The van der Waals surface area contributed by atoms with E-state index in [0.717, 1.165) is 77.0 Å². The van der Waals surface area contributed by atoms with Crippen molar-refractivity contribution in [1.82, 2.24) is 15.1 Å². The summed E-state index contributed by atoms with van der Waals surface area (Å²) in [5.41, 5.74) is 0. The Labute approximate surface area is 189 Å². The average Bonchev–Trinajstić information content (AvgIpc) is 2.68. The van der Waals surface area contributed by atoms with Crippen LogP contribution in [0.15, 0.2) is 4.99 Å². The molecule has 0 aromatic rings. The van der Waals surface area contributed by atoms with Gasteiger partial charge >= 0.3 is 0 Å². The molecule has 1 N–H and O–H groups in total. The molecular weight excluding hydrogens is 467 g/mol. The van der Waals surface area contributed by atoms with Crippen molar-refractivity contribution in [3.05, 3.63) is 0 Å². The molecule has 0 radical (unpaired) electrons. The minimum absolute atomic E-state index is 0. The Morgan fingerprint density at radius 1 is 1.11 bits per heavy atom. The van der Waals surface area contributed by atoms with Gasteiger partial charge in [-0.2, -0.15) is 0 Å². The largest absolute Gasteiger partial charge is 0.385 e. The number of halogens is 1. The highest BCUT2D eigenvalue weighted by Gasteiger charge is 2.22. The van der Waals surface area contributed by atoms with Crippen LogP contribution < -0.4 is 5.32 Å². The van der Waals surface area contributed by atoms with Crippen LogP contribution in [0.1, 0.15) is 52.4 Å². The first-order valence-corrected chi connectivity index (χ1v) is 11.1. The number of likely N-dealkylation sites (tertiary alicyclic amines) is 2. The summed E-state index contributed by atoms with van der Waals surface area (Å²) in [6, 6.07) is 0. The number of methoxy groups -OCH3 is 1. The number of nitrogens with one attached hydrogen (secondary N) is 1. The Morgan fingerprint density at radius 2 is 1.89 bits per heavy atom. The Balaban J connectivity index is 0.00000392. The molecule has 2 aliphatic heterocycles. The van der Waals surface area contributed by atoms with E-state index in [4.69, 9.17) is 14.5 Å². The SMILES string of the molecule is CCNC(=NCCCN1CCCC(C)C1)N1CCC(OCCCOC)CC1.I. The van der Waals surface area contributed by atoms with Crippen LogP contribution in [-0.2, 0) is 9.47 Å². The van der Waals surface area contributed by atoms with E-state index in [0.29, 0.717) is 6.10 Å². The van der Waals surface area contributed by atoms with Crippen LogP contribution in [0, 0.1) is 5.92 Å². The highest BCUT2D eigenvalue weighted by molar-refractivity contribution is 14.0. The molecule has 0 bridgehead atoms. The molecule has 1 atom stereocenters. The maximum atomic E-state index is 5.97. The molecule has 0 amide bonds. The number of aliphatic imine (C=N–C) groups is 1. The predicted octanol–water partition coefficient (Wildman–Crippen LogP) is 3.21. The molecule has 0 spiro atoms. The molecule has 2 fully saturated rings. The van der Waals surface area contributed by atoms with Gasteiger partial charge in [0.1, 0.15) is 0 Å². The van der Waals surface area contributed by atoms with Crippen LogP contribution in [0.3, 0.4) is 0 Å². The topological polar surface area (TPSA) is 49.3 Å². The number of piperidine rings is 2. The van der Waals surface area contributed by atoms with Crippen molar-refractivity contribution in [3.8, 4) is 0 Å². The number of nitrogens with zero attached hydrogens (tertiary/aromatic N) is 3. The van der Waals surface area contributed by atoms with E-state index in [-0.39, 0.29) is 24.0 Å². The molecule has 166 valence electrons. The van der Waals surface area contributed by atoms with Crippen molar-refractivity contribution in [1.29, 1.82) is 0 Å². The molecule has 2 rings (SSSR count). The number of guanidine groups is 1. The maximum absolute atomic E-state index is 5.97. The lowest BCUT2D eigenvalue weighted by Gasteiger charge is -2.34. The number of rotatable bonds is 10. The van der Waals surface area contributed by atoms with Crippen molar-refractivity contribution in [3.63, 3.8) is 0 Å². The zero-order valence-electron chi connectivity index (χ0n) is 18.3. The van der Waals surface area contributed by atoms with Gasteiger partial charge in [-0.1, -0.05) is 6.92 Å². The van der Waals surface area contributed by atoms with E-state index >= 15 is 0 Å². The Kier molecular flexibility index (Phi) is 14.5. The lowest BCUT2D eigenvalue weighted by Crippen LogP contribution is -2.47. The van der Waals surface area contributed by atoms with E-state index in [1.54, 1.807) is 7.11 Å². The second kappa shape index (κ2) is 15.7. The van der Waals surface area contributed by atoms with E-state index < -0.39 is 0 Å². The fourth-order valence-electron chi connectivity index (χ4n) is 4.08. The number of ether oxygens (including phenoxy) is 2. The minimum atomic E-state index is 0. The summed E-state index contributed by atoms with van der Waals surface area (Å²) in [5, 5.41) is 3.48. The predicted molar refractivity (Wildman–Crippen MR) is 128 cm³/mol. The molecule has 28 heavy (non-hydrogen) atoms. The van der Waals surface area contributed by atoms with Gasteiger partial charge in [0.15, 0.2) is 5.96 Å². The van der Waals surface area contributed by atoms with Gasteiger partial charge in [-0.3, -0.25) is 4.99 Å². The molecule has 0 aromatic heterocycles. The lowest BCUT2D eigenvalue weighted by atomic mass is 10.0. The summed E-state index contributed by atoms with van der Waals surface area (Å²) in [6.07, 6.45) is 7.45. The second-order valence-electron chi connectivity index (χ2n) is 8.04. The zero-order chi connectivity index (χ0) is 19.3. The van der Waals surface area contributed by atoms with E-state index in [1.807, 2.05) is 0 Å². The van der Waals surface area contributed by atoms with E-state index in [1.165, 1.54) is 32.5 Å². The molecular formula is C21H43IN4O2. The Morgan fingerprint density at radius 3 is 2.57 bits per heavy atom. The molecule has 0 saturated carbocycles. The van der Waals surface area contributed by atoms with Crippen LogP contribution in [0.4, 0.5) is 0 Å². The number of hydrogen-bond donors (Lipinski definition) is 1. The third-order valence-corrected chi connectivity index (χ3v) is 5.56. The van der Waals surface area contributed by atoms with Gasteiger partial charge < -0.3 is 24.6 Å². The molecule has 2 aliphatic rings. The average molecular weight is 511 g/mol. The molecule has 2 heterocycles. The van der Waals surface area contributed by atoms with E-state index in [2.05, 4.69) is 29.0 Å². The zero-order valence-corrected chi connectivity index (χ0v) is 20.7. The van der Waals surface area contributed by atoms with Gasteiger partial charge in [-0.05, 0) is 64.5 Å². The summed E-state index contributed by atoms with van der Waals surface area (Å²) in [5.74, 6) is 1.94. The third-order valence-electron chi connectivity index (χ3n) is 5.56. The highest BCUT2D eigenvalue weighted by atomic mass is 127. The van der Waals surface area contributed by atoms with Crippen molar-refractivity contribution >= 4 is 29.9 Å². The molecule has 2 saturated heterocycles. The van der Waals surface area contributed by atoms with Crippen molar-refractivity contribution < 1.29 is 9.47 Å². The van der Waals surface area contributed by atoms with Crippen molar-refractivity contribution in [2.24, 2.45) is 10.9 Å². The van der Waals surface area contributed by atoms with E-state index in [9.17, 15) is 0 Å².